The average molecular weight is 169 g/mol. The fourth-order valence-corrected chi connectivity index (χ4v) is 2.43. The molecule has 0 radical (unpaired) electrons. The molecule has 2 rings (SSSR count). The Hall–Kier alpha value is -0.570. The molecule has 1 amide bonds. The molecule has 3 nitrogen and oxygen atoms in total. The first-order valence-corrected chi connectivity index (χ1v) is 4.66. The van der Waals surface area contributed by atoms with Gasteiger partial charge >= 0.3 is 0 Å². The first-order valence-electron chi connectivity index (χ1n) is 4.66. The molecule has 1 saturated carbocycles. The zero-order valence-corrected chi connectivity index (χ0v) is 7.38. The molecule has 1 N–H and O–H groups in total. The Balaban J connectivity index is 2.04. The molecule has 1 heterocycles. The fourth-order valence-electron chi connectivity index (χ4n) is 2.43. The van der Waals surface area contributed by atoms with Gasteiger partial charge in [0.15, 0.2) is 0 Å². The number of hydrogen-bond acceptors (Lipinski definition) is 2. The van der Waals surface area contributed by atoms with Gasteiger partial charge in [-0.3, -0.25) is 4.79 Å². The average Bonchev–Trinajstić information content (AvgIpc) is 2.62. The van der Waals surface area contributed by atoms with Crippen LogP contribution < -0.4 is 5.32 Å². The van der Waals surface area contributed by atoms with Crippen LogP contribution in [0.15, 0.2) is 0 Å². The lowest BCUT2D eigenvalue weighted by Crippen LogP contribution is -2.35. The molecule has 12 heavy (non-hydrogen) atoms. The summed E-state index contributed by atoms with van der Waals surface area (Å²) in [6.07, 6.45) is 3.54. The molecule has 68 valence electrons. The summed E-state index contributed by atoms with van der Waals surface area (Å²) < 4.78 is 5.46. The number of amides is 1. The summed E-state index contributed by atoms with van der Waals surface area (Å²) in [6.45, 7) is 0.794. The summed E-state index contributed by atoms with van der Waals surface area (Å²) in [5.41, 5.74) is 0. The first-order chi connectivity index (χ1) is 5.83. The van der Waals surface area contributed by atoms with Crippen LogP contribution in [0.4, 0.5) is 0 Å². The van der Waals surface area contributed by atoms with Gasteiger partial charge in [-0.1, -0.05) is 6.42 Å². The van der Waals surface area contributed by atoms with E-state index in [4.69, 9.17) is 4.74 Å². The molecule has 1 aliphatic carbocycles. The van der Waals surface area contributed by atoms with E-state index in [1.807, 2.05) is 0 Å². The van der Waals surface area contributed by atoms with Gasteiger partial charge in [0.1, 0.15) is 6.10 Å². The Labute approximate surface area is 72.5 Å². The smallest absolute Gasteiger partial charge is 0.249 e. The van der Waals surface area contributed by atoms with Crippen molar-refractivity contribution in [3.8, 4) is 0 Å². The quantitative estimate of drug-likeness (QED) is 0.622. The summed E-state index contributed by atoms with van der Waals surface area (Å²) in [4.78, 5) is 11.3. The molecule has 1 saturated heterocycles. The molecule has 0 bridgehead atoms. The van der Waals surface area contributed by atoms with Gasteiger partial charge in [-0.05, 0) is 24.7 Å². The van der Waals surface area contributed by atoms with Gasteiger partial charge in [0.05, 0.1) is 6.61 Å². The number of ether oxygens (including phenoxy) is 1. The highest BCUT2D eigenvalue weighted by Crippen LogP contribution is 2.40. The van der Waals surface area contributed by atoms with Crippen molar-refractivity contribution in [2.75, 3.05) is 13.7 Å². The summed E-state index contributed by atoms with van der Waals surface area (Å²) in [6, 6.07) is 0. The molecule has 0 aromatic rings. The van der Waals surface area contributed by atoms with Crippen LogP contribution in [-0.4, -0.2) is 25.7 Å². The zero-order valence-electron chi connectivity index (χ0n) is 7.38. The van der Waals surface area contributed by atoms with Crippen molar-refractivity contribution in [3.63, 3.8) is 0 Å². The summed E-state index contributed by atoms with van der Waals surface area (Å²) >= 11 is 0. The number of fused-ring (bicyclic) bond motifs is 1. The SMILES string of the molecule is CNC(=O)C1OCC2CCCC21. The topological polar surface area (TPSA) is 38.3 Å². The molecule has 3 unspecified atom stereocenters. The highest BCUT2D eigenvalue weighted by Gasteiger charge is 2.43. The van der Waals surface area contributed by atoms with Crippen molar-refractivity contribution >= 4 is 5.91 Å². The van der Waals surface area contributed by atoms with Crippen LogP contribution in [0.25, 0.3) is 0 Å². The third-order valence-electron chi connectivity index (χ3n) is 3.10. The number of likely N-dealkylation sites (N-methyl/N-ethyl adjacent to an activating group) is 1. The second-order valence-electron chi connectivity index (χ2n) is 3.72. The van der Waals surface area contributed by atoms with E-state index in [0.717, 1.165) is 6.61 Å². The van der Waals surface area contributed by atoms with Crippen LogP contribution in [-0.2, 0) is 9.53 Å². The first kappa shape index (κ1) is 8.05. The van der Waals surface area contributed by atoms with Gasteiger partial charge in [-0.15, -0.1) is 0 Å². The minimum absolute atomic E-state index is 0.0596. The highest BCUT2D eigenvalue weighted by molar-refractivity contribution is 5.81. The van der Waals surface area contributed by atoms with Crippen molar-refractivity contribution in [1.82, 2.24) is 5.32 Å². The van der Waals surface area contributed by atoms with Crippen LogP contribution in [0.2, 0.25) is 0 Å². The van der Waals surface area contributed by atoms with Gasteiger partial charge in [0, 0.05) is 7.05 Å². The second kappa shape index (κ2) is 3.05. The maximum atomic E-state index is 11.3. The van der Waals surface area contributed by atoms with Gasteiger partial charge < -0.3 is 10.1 Å². The van der Waals surface area contributed by atoms with E-state index in [1.165, 1.54) is 19.3 Å². The van der Waals surface area contributed by atoms with Crippen LogP contribution in [0.3, 0.4) is 0 Å². The number of hydrogen-bond donors (Lipinski definition) is 1. The summed E-state index contributed by atoms with van der Waals surface area (Å²) in [5.74, 6) is 1.22. The predicted molar refractivity (Wildman–Crippen MR) is 44.6 cm³/mol. The number of carbonyl (C=O) groups is 1. The molecule has 3 heteroatoms. The molecular weight excluding hydrogens is 154 g/mol. The molecule has 3 atom stereocenters. The van der Waals surface area contributed by atoms with Gasteiger partial charge in [0.25, 0.3) is 0 Å². The molecular formula is C9H15NO2. The predicted octanol–water partition coefficient (Wildman–Crippen LogP) is 0.547. The van der Waals surface area contributed by atoms with Crippen molar-refractivity contribution in [1.29, 1.82) is 0 Å². The van der Waals surface area contributed by atoms with Crippen LogP contribution in [0, 0.1) is 11.8 Å². The zero-order chi connectivity index (χ0) is 8.55. The maximum Gasteiger partial charge on any atom is 0.249 e. The minimum Gasteiger partial charge on any atom is -0.368 e. The van der Waals surface area contributed by atoms with E-state index in [-0.39, 0.29) is 12.0 Å². The number of nitrogens with one attached hydrogen (secondary N) is 1. The Kier molecular flexibility index (Phi) is 2.05. The minimum atomic E-state index is -0.150. The van der Waals surface area contributed by atoms with Crippen LogP contribution in [0.1, 0.15) is 19.3 Å². The van der Waals surface area contributed by atoms with Crippen LogP contribution in [0.5, 0.6) is 0 Å². The van der Waals surface area contributed by atoms with E-state index in [9.17, 15) is 4.79 Å². The number of carbonyl (C=O) groups excluding carboxylic acids is 1. The third-order valence-corrected chi connectivity index (χ3v) is 3.10. The Bertz CT molecular complexity index is 193. The van der Waals surface area contributed by atoms with Crippen LogP contribution >= 0.6 is 0 Å². The molecule has 2 fully saturated rings. The molecule has 0 aromatic carbocycles. The largest absolute Gasteiger partial charge is 0.368 e. The molecule has 0 aromatic heterocycles. The van der Waals surface area contributed by atoms with E-state index < -0.39 is 0 Å². The van der Waals surface area contributed by atoms with Crippen molar-refractivity contribution in [2.45, 2.75) is 25.4 Å². The fraction of sp³-hybridized carbons (Fsp3) is 0.889. The van der Waals surface area contributed by atoms with E-state index in [1.54, 1.807) is 7.05 Å². The number of rotatable bonds is 1. The maximum absolute atomic E-state index is 11.3. The summed E-state index contributed by atoms with van der Waals surface area (Å²) in [5, 5.41) is 2.66. The highest BCUT2D eigenvalue weighted by atomic mass is 16.5. The molecule has 2 aliphatic rings. The third kappa shape index (κ3) is 1.12. The molecule has 1 aliphatic heterocycles. The van der Waals surface area contributed by atoms with Gasteiger partial charge in [0.2, 0.25) is 5.91 Å². The lowest BCUT2D eigenvalue weighted by atomic mass is 9.94. The van der Waals surface area contributed by atoms with E-state index in [2.05, 4.69) is 5.32 Å². The Morgan fingerprint density at radius 3 is 3.08 bits per heavy atom. The van der Waals surface area contributed by atoms with Gasteiger partial charge in [-0.2, -0.15) is 0 Å². The Morgan fingerprint density at radius 1 is 1.50 bits per heavy atom. The standard InChI is InChI=1S/C9H15NO2/c1-10-9(11)8-7-4-2-3-6(7)5-12-8/h6-8H,2-5H2,1H3,(H,10,11). The van der Waals surface area contributed by atoms with E-state index in [0.29, 0.717) is 11.8 Å². The van der Waals surface area contributed by atoms with Crippen molar-refractivity contribution in [3.05, 3.63) is 0 Å². The van der Waals surface area contributed by atoms with Crippen molar-refractivity contribution < 1.29 is 9.53 Å². The Morgan fingerprint density at radius 2 is 2.33 bits per heavy atom. The normalized spacial score (nSPS) is 39.6. The lowest BCUT2D eigenvalue weighted by molar-refractivity contribution is -0.131. The monoisotopic (exact) mass is 169 g/mol. The van der Waals surface area contributed by atoms with E-state index >= 15 is 0 Å². The van der Waals surface area contributed by atoms with Gasteiger partial charge in [-0.25, -0.2) is 0 Å². The second-order valence-corrected chi connectivity index (χ2v) is 3.72. The lowest BCUT2D eigenvalue weighted by Gasteiger charge is -2.14. The summed E-state index contributed by atoms with van der Waals surface area (Å²) in [7, 11) is 1.67. The molecule has 0 spiro atoms. The van der Waals surface area contributed by atoms with Crippen molar-refractivity contribution in [2.24, 2.45) is 11.8 Å².